The van der Waals surface area contributed by atoms with Crippen LogP contribution in [0.1, 0.15) is 32.1 Å². The molecule has 2 aliphatic heterocycles. The summed E-state index contributed by atoms with van der Waals surface area (Å²) in [6, 6.07) is 0.642. The zero-order valence-electron chi connectivity index (χ0n) is 10.8. The normalized spacial score (nSPS) is 26.8. The number of nitrogens with one attached hydrogen (secondary N) is 1. The number of fused-ring (bicyclic) bond motifs is 2. The molecular formula is C12H20N4O2. The smallest absolute Gasteiger partial charge is 0.318 e. The van der Waals surface area contributed by atoms with Crippen LogP contribution in [0.4, 0.5) is 6.01 Å². The first kappa shape index (κ1) is 11.9. The predicted molar refractivity (Wildman–Crippen MR) is 66.4 cm³/mol. The molecule has 6 heteroatoms. The van der Waals surface area contributed by atoms with Crippen LogP contribution in [0, 0.1) is 0 Å². The average molecular weight is 252 g/mol. The maximum absolute atomic E-state index is 5.79. The van der Waals surface area contributed by atoms with E-state index in [1.165, 1.54) is 0 Å². The zero-order chi connectivity index (χ0) is 12.4. The van der Waals surface area contributed by atoms with Gasteiger partial charge in [0.1, 0.15) is 0 Å². The number of anilines is 1. The van der Waals surface area contributed by atoms with Crippen LogP contribution in [0.5, 0.6) is 0 Å². The van der Waals surface area contributed by atoms with Gasteiger partial charge in [0.05, 0.1) is 18.8 Å². The Labute approximate surface area is 107 Å². The van der Waals surface area contributed by atoms with Gasteiger partial charge in [-0.3, -0.25) is 0 Å². The quantitative estimate of drug-likeness (QED) is 0.787. The van der Waals surface area contributed by atoms with Crippen LogP contribution in [0.15, 0.2) is 4.42 Å². The third-order valence-electron chi connectivity index (χ3n) is 3.47. The SMILES string of the molecule is CCCNCc1nnc(N2CC3CCC(C2)O3)o1. The lowest BCUT2D eigenvalue weighted by Gasteiger charge is -2.30. The summed E-state index contributed by atoms with van der Waals surface area (Å²) in [6.45, 7) is 5.51. The van der Waals surface area contributed by atoms with Gasteiger partial charge in [0.15, 0.2) is 0 Å². The molecule has 100 valence electrons. The van der Waals surface area contributed by atoms with E-state index in [-0.39, 0.29) is 0 Å². The van der Waals surface area contributed by atoms with E-state index in [1.807, 2.05) is 0 Å². The maximum atomic E-state index is 5.79. The van der Waals surface area contributed by atoms with Crippen LogP contribution in [0.2, 0.25) is 0 Å². The fourth-order valence-corrected chi connectivity index (χ4v) is 2.59. The summed E-state index contributed by atoms with van der Waals surface area (Å²) in [5.74, 6) is 0.664. The molecule has 2 unspecified atom stereocenters. The summed E-state index contributed by atoms with van der Waals surface area (Å²) < 4.78 is 11.5. The molecule has 2 saturated heterocycles. The predicted octanol–water partition coefficient (Wildman–Crippen LogP) is 0.937. The fourth-order valence-electron chi connectivity index (χ4n) is 2.59. The maximum Gasteiger partial charge on any atom is 0.318 e. The highest BCUT2D eigenvalue weighted by Crippen LogP contribution is 2.28. The second-order valence-electron chi connectivity index (χ2n) is 5.02. The highest BCUT2D eigenvalue weighted by Gasteiger charge is 2.35. The Morgan fingerprint density at radius 2 is 2.06 bits per heavy atom. The second kappa shape index (κ2) is 5.24. The summed E-state index contributed by atoms with van der Waals surface area (Å²) in [6.07, 6.45) is 4.10. The number of ether oxygens (including phenoxy) is 1. The van der Waals surface area contributed by atoms with Gasteiger partial charge < -0.3 is 19.4 Å². The standard InChI is InChI=1S/C12H20N4O2/c1-2-5-13-6-11-14-15-12(18-11)16-7-9-3-4-10(8-16)17-9/h9-10,13H,2-8H2,1H3. The van der Waals surface area contributed by atoms with Crippen molar-refractivity contribution in [3.05, 3.63) is 5.89 Å². The van der Waals surface area contributed by atoms with Crippen molar-refractivity contribution in [2.24, 2.45) is 0 Å². The highest BCUT2D eigenvalue weighted by molar-refractivity contribution is 5.26. The third kappa shape index (κ3) is 2.49. The van der Waals surface area contributed by atoms with Crippen molar-refractivity contribution in [3.8, 4) is 0 Å². The molecule has 0 radical (unpaired) electrons. The van der Waals surface area contributed by atoms with Gasteiger partial charge in [-0.25, -0.2) is 0 Å². The van der Waals surface area contributed by atoms with Gasteiger partial charge in [-0.1, -0.05) is 12.0 Å². The van der Waals surface area contributed by atoms with E-state index in [4.69, 9.17) is 9.15 Å². The average Bonchev–Trinajstić information content (AvgIpc) is 2.97. The number of hydrogen-bond donors (Lipinski definition) is 1. The number of nitrogens with zero attached hydrogens (tertiary/aromatic N) is 3. The van der Waals surface area contributed by atoms with E-state index in [9.17, 15) is 0 Å². The van der Waals surface area contributed by atoms with Crippen molar-refractivity contribution in [3.63, 3.8) is 0 Å². The molecular weight excluding hydrogens is 232 g/mol. The number of aromatic nitrogens is 2. The Morgan fingerprint density at radius 3 is 2.78 bits per heavy atom. The molecule has 1 aromatic heterocycles. The van der Waals surface area contributed by atoms with Crippen LogP contribution in [-0.4, -0.2) is 42.0 Å². The summed E-state index contributed by atoms with van der Waals surface area (Å²) >= 11 is 0. The lowest BCUT2D eigenvalue weighted by atomic mass is 10.2. The lowest BCUT2D eigenvalue weighted by molar-refractivity contribution is 0.0287. The van der Waals surface area contributed by atoms with Crippen molar-refractivity contribution >= 4 is 6.01 Å². The largest absolute Gasteiger partial charge is 0.407 e. The summed E-state index contributed by atoms with van der Waals surface area (Å²) in [5, 5.41) is 11.5. The van der Waals surface area contributed by atoms with Crippen molar-refractivity contribution in [2.75, 3.05) is 24.5 Å². The Morgan fingerprint density at radius 1 is 1.28 bits per heavy atom. The Hall–Kier alpha value is -1.14. The van der Waals surface area contributed by atoms with Gasteiger partial charge in [0, 0.05) is 13.1 Å². The van der Waals surface area contributed by atoms with Gasteiger partial charge in [-0.2, -0.15) is 0 Å². The van der Waals surface area contributed by atoms with Crippen LogP contribution in [0.3, 0.4) is 0 Å². The molecule has 2 atom stereocenters. The van der Waals surface area contributed by atoms with Gasteiger partial charge in [-0.15, -0.1) is 5.10 Å². The van der Waals surface area contributed by atoms with Gasteiger partial charge in [0.2, 0.25) is 5.89 Å². The molecule has 1 N–H and O–H groups in total. The summed E-state index contributed by atoms with van der Waals surface area (Å²) in [4.78, 5) is 2.15. The molecule has 0 aromatic carbocycles. The first-order valence-electron chi connectivity index (χ1n) is 6.78. The zero-order valence-corrected chi connectivity index (χ0v) is 10.8. The molecule has 0 spiro atoms. The molecule has 3 rings (SSSR count). The van der Waals surface area contributed by atoms with Crippen molar-refractivity contribution in [2.45, 2.75) is 44.9 Å². The van der Waals surface area contributed by atoms with Gasteiger partial charge in [-0.05, 0) is 25.8 Å². The van der Waals surface area contributed by atoms with Crippen molar-refractivity contribution in [1.29, 1.82) is 0 Å². The van der Waals surface area contributed by atoms with Gasteiger partial charge >= 0.3 is 6.01 Å². The lowest BCUT2D eigenvalue weighted by Crippen LogP contribution is -2.42. The second-order valence-corrected chi connectivity index (χ2v) is 5.02. The van der Waals surface area contributed by atoms with E-state index in [2.05, 4.69) is 27.3 Å². The highest BCUT2D eigenvalue weighted by atomic mass is 16.5. The molecule has 3 heterocycles. The minimum atomic E-state index is 0.345. The summed E-state index contributed by atoms with van der Waals surface area (Å²) in [5.41, 5.74) is 0. The van der Waals surface area contributed by atoms with E-state index in [0.717, 1.165) is 38.9 Å². The minimum Gasteiger partial charge on any atom is -0.407 e. The monoisotopic (exact) mass is 252 g/mol. The number of rotatable bonds is 5. The van der Waals surface area contributed by atoms with Crippen molar-refractivity contribution < 1.29 is 9.15 Å². The Kier molecular flexibility index (Phi) is 3.47. The van der Waals surface area contributed by atoms with Gasteiger partial charge in [0.25, 0.3) is 0 Å². The van der Waals surface area contributed by atoms with Crippen LogP contribution >= 0.6 is 0 Å². The Bertz CT molecular complexity index is 383. The molecule has 2 bridgehead atoms. The molecule has 2 aliphatic rings. The molecule has 0 saturated carbocycles. The topological polar surface area (TPSA) is 63.4 Å². The van der Waals surface area contributed by atoms with E-state index in [0.29, 0.717) is 30.7 Å². The molecule has 0 aliphatic carbocycles. The molecule has 1 aromatic rings. The van der Waals surface area contributed by atoms with E-state index >= 15 is 0 Å². The number of morpholine rings is 1. The molecule has 18 heavy (non-hydrogen) atoms. The molecule has 2 fully saturated rings. The van der Waals surface area contributed by atoms with E-state index < -0.39 is 0 Å². The third-order valence-corrected chi connectivity index (χ3v) is 3.47. The fraction of sp³-hybridized carbons (Fsp3) is 0.833. The Balaban J connectivity index is 1.59. The summed E-state index contributed by atoms with van der Waals surface area (Å²) in [7, 11) is 0. The first-order valence-corrected chi connectivity index (χ1v) is 6.78. The van der Waals surface area contributed by atoms with Crippen LogP contribution in [-0.2, 0) is 11.3 Å². The molecule has 0 amide bonds. The first-order chi connectivity index (χ1) is 8.85. The number of hydrogen-bond acceptors (Lipinski definition) is 6. The minimum absolute atomic E-state index is 0.345. The van der Waals surface area contributed by atoms with Crippen LogP contribution in [0.25, 0.3) is 0 Å². The molecule has 6 nitrogen and oxygen atoms in total. The van der Waals surface area contributed by atoms with E-state index in [1.54, 1.807) is 0 Å². The van der Waals surface area contributed by atoms with Crippen LogP contribution < -0.4 is 10.2 Å². The van der Waals surface area contributed by atoms with Crippen molar-refractivity contribution in [1.82, 2.24) is 15.5 Å².